The lowest BCUT2D eigenvalue weighted by Gasteiger charge is -2.01. The summed E-state index contributed by atoms with van der Waals surface area (Å²) in [6.07, 6.45) is 1.65. The molecule has 4 heteroatoms. The second-order valence-corrected chi connectivity index (χ2v) is 2.81. The summed E-state index contributed by atoms with van der Waals surface area (Å²) in [7, 11) is 0. The molecule has 4 nitrogen and oxygen atoms in total. The molecule has 0 bridgehead atoms. The van der Waals surface area contributed by atoms with Gasteiger partial charge in [0.1, 0.15) is 5.82 Å². The van der Waals surface area contributed by atoms with Crippen LogP contribution in [0, 0.1) is 0 Å². The molecule has 1 aliphatic rings. The highest BCUT2D eigenvalue weighted by atomic mass is 16.1. The topological polar surface area (TPSA) is 54.0 Å². The van der Waals surface area contributed by atoms with Crippen molar-refractivity contribution in [3.05, 3.63) is 36.2 Å². The summed E-state index contributed by atoms with van der Waals surface area (Å²) >= 11 is 0. The third kappa shape index (κ3) is 1.38. The van der Waals surface area contributed by atoms with Crippen LogP contribution < -0.4 is 10.6 Å². The smallest absolute Gasteiger partial charge is 0.259 e. The lowest BCUT2D eigenvalue weighted by atomic mass is 10.2. The first-order valence-corrected chi connectivity index (χ1v) is 3.95. The molecule has 1 amide bonds. The summed E-state index contributed by atoms with van der Waals surface area (Å²) in [5.74, 6) is 0.455. The van der Waals surface area contributed by atoms with Crippen LogP contribution in [0.3, 0.4) is 0 Å². The molecule has 2 rings (SSSR count). The van der Waals surface area contributed by atoms with Crippen molar-refractivity contribution < 1.29 is 4.79 Å². The second kappa shape index (κ2) is 2.90. The first-order valence-electron chi connectivity index (χ1n) is 3.95. The van der Waals surface area contributed by atoms with E-state index in [4.69, 9.17) is 0 Å². The Labute approximate surface area is 75.7 Å². The van der Waals surface area contributed by atoms with Crippen molar-refractivity contribution in [2.24, 2.45) is 0 Å². The van der Waals surface area contributed by atoms with Crippen LogP contribution in [0.15, 0.2) is 30.6 Å². The molecule has 0 aromatic carbocycles. The average molecular weight is 175 g/mol. The summed E-state index contributed by atoms with van der Waals surface area (Å²) < 4.78 is 0. The van der Waals surface area contributed by atoms with Gasteiger partial charge in [-0.05, 0) is 12.1 Å². The Hall–Kier alpha value is -1.84. The highest BCUT2D eigenvalue weighted by molar-refractivity contribution is 6.00. The highest BCUT2D eigenvalue weighted by Gasteiger charge is 2.16. The second-order valence-electron chi connectivity index (χ2n) is 2.81. The van der Waals surface area contributed by atoms with Crippen LogP contribution in [-0.4, -0.2) is 17.4 Å². The van der Waals surface area contributed by atoms with Crippen molar-refractivity contribution in [2.75, 3.05) is 11.9 Å². The van der Waals surface area contributed by atoms with Gasteiger partial charge in [0.05, 0.1) is 12.1 Å². The van der Waals surface area contributed by atoms with Crippen LogP contribution in [0.1, 0.15) is 10.4 Å². The Morgan fingerprint density at radius 1 is 1.54 bits per heavy atom. The molecule has 1 aliphatic heterocycles. The van der Waals surface area contributed by atoms with Crippen molar-refractivity contribution in [1.29, 1.82) is 0 Å². The number of fused-ring (bicyclic) bond motifs is 1. The third-order valence-electron chi connectivity index (χ3n) is 1.81. The zero-order chi connectivity index (χ0) is 9.26. The summed E-state index contributed by atoms with van der Waals surface area (Å²) in [5, 5.41) is 5.67. The van der Waals surface area contributed by atoms with Crippen LogP contribution >= 0.6 is 0 Å². The molecule has 0 radical (unpaired) electrons. The predicted octanol–water partition coefficient (Wildman–Crippen LogP) is 0.751. The Morgan fingerprint density at radius 2 is 2.38 bits per heavy atom. The number of aromatic nitrogens is 1. The Morgan fingerprint density at radius 3 is 3.23 bits per heavy atom. The van der Waals surface area contributed by atoms with E-state index in [-0.39, 0.29) is 5.91 Å². The molecule has 0 fully saturated rings. The number of amides is 1. The number of carbonyl (C=O) groups is 1. The van der Waals surface area contributed by atoms with Crippen molar-refractivity contribution in [3.63, 3.8) is 0 Å². The van der Waals surface area contributed by atoms with E-state index in [1.54, 1.807) is 18.3 Å². The monoisotopic (exact) mass is 175 g/mol. The van der Waals surface area contributed by atoms with Gasteiger partial charge in [-0.2, -0.15) is 0 Å². The van der Waals surface area contributed by atoms with Gasteiger partial charge >= 0.3 is 0 Å². The number of hydrogen-bond donors (Lipinski definition) is 2. The van der Waals surface area contributed by atoms with Crippen molar-refractivity contribution >= 4 is 11.7 Å². The van der Waals surface area contributed by atoms with E-state index >= 15 is 0 Å². The Balaban J connectivity index is 2.46. The molecule has 13 heavy (non-hydrogen) atoms. The Kier molecular flexibility index (Phi) is 1.73. The van der Waals surface area contributed by atoms with Gasteiger partial charge in [0.2, 0.25) is 0 Å². The number of pyridine rings is 1. The van der Waals surface area contributed by atoms with Gasteiger partial charge in [-0.25, -0.2) is 4.98 Å². The molecule has 2 heterocycles. The predicted molar refractivity (Wildman–Crippen MR) is 49.3 cm³/mol. The minimum atomic E-state index is -0.155. The molecule has 1 aromatic rings. The van der Waals surface area contributed by atoms with E-state index in [9.17, 15) is 4.79 Å². The Bertz CT molecular complexity index is 373. The number of nitrogens with one attached hydrogen (secondary N) is 2. The number of carbonyl (C=O) groups excluding carboxylic acids is 1. The lowest BCUT2D eigenvalue weighted by Crippen LogP contribution is -2.21. The van der Waals surface area contributed by atoms with E-state index in [1.807, 2.05) is 0 Å². The molecular weight excluding hydrogens is 166 g/mol. The van der Waals surface area contributed by atoms with Gasteiger partial charge in [0.15, 0.2) is 0 Å². The minimum Gasteiger partial charge on any atom is -0.364 e. The van der Waals surface area contributed by atoms with Gasteiger partial charge < -0.3 is 10.6 Å². The molecule has 0 unspecified atom stereocenters. The zero-order valence-corrected chi connectivity index (χ0v) is 7.00. The average Bonchev–Trinajstić information content (AvgIpc) is 2.27. The quantitative estimate of drug-likeness (QED) is 0.611. The molecular formula is C9H9N3O. The number of nitrogens with zero attached hydrogens (tertiary/aromatic N) is 1. The van der Waals surface area contributed by atoms with E-state index < -0.39 is 0 Å². The fraction of sp³-hybridized carbons (Fsp3) is 0.111. The number of anilines is 1. The first kappa shape index (κ1) is 7.79. The number of rotatable bonds is 0. The molecule has 2 N–H and O–H groups in total. The molecule has 0 aliphatic carbocycles. The molecule has 0 spiro atoms. The first-order chi connectivity index (χ1) is 6.27. The van der Waals surface area contributed by atoms with Crippen LogP contribution in [0.4, 0.5) is 5.82 Å². The maximum Gasteiger partial charge on any atom is 0.259 e. The van der Waals surface area contributed by atoms with Crippen LogP contribution in [0.5, 0.6) is 0 Å². The minimum absolute atomic E-state index is 0.155. The van der Waals surface area contributed by atoms with Crippen LogP contribution in [0.2, 0.25) is 0 Å². The van der Waals surface area contributed by atoms with Gasteiger partial charge in [-0.3, -0.25) is 4.79 Å². The summed E-state index contributed by atoms with van der Waals surface area (Å²) in [6, 6.07) is 3.46. The maximum atomic E-state index is 11.5. The highest BCUT2D eigenvalue weighted by Crippen LogP contribution is 2.14. The van der Waals surface area contributed by atoms with E-state index in [2.05, 4.69) is 22.2 Å². The fourth-order valence-electron chi connectivity index (χ4n) is 1.19. The SMILES string of the molecule is C=C1CNc2ncccc2C(=O)N1. The van der Waals surface area contributed by atoms with Crippen LogP contribution in [-0.2, 0) is 0 Å². The molecule has 0 saturated heterocycles. The van der Waals surface area contributed by atoms with Crippen LogP contribution in [0.25, 0.3) is 0 Å². The zero-order valence-electron chi connectivity index (χ0n) is 7.00. The van der Waals surface area contributed by atoms with E-state index in [1.165, 1.54) is 0 Å². The standard InChI is InChI=1S/C9H9N3O/c1-6-5-11-8-7(9(13)12-6)3-2-4-10-8/h2-4H,1,5H2,(H,10,11)(H,12,13). The summed E-state index contributed by atoms with van der Waals surface area (Å²) in [6.45, 7) is 4.21. The summed E-state index contributed by atoms with van der Waals surface area (Å²) in [4.78, 5) is 15.5. The van der Waals surface area contributed by atoms with E-state index in [0.29, 0.717) is 23.6 Å². The van der Waals surface area contributed by atoms with E-state index in [0.717, 1.165) is 0 Å². The van der Waals surface area contributed by atoms with Gasteiger partial charge in [0, 0.05) is 11.9 Å². The van der Waals surface area contributed by atoms with Gasteiger partial charge in [0.25, 0.3) is 5.91 Å². The normalized spacial score (nSPS) is 15.4. The number of hydrogen-bond acceptors (Lipinski definition) is 3. The molecule has 0 atom stereocenters. The van der Waals surface area contributed by atoms with Gasteiger partial charge in [-0.15, -0.1) is 0 Å². The van der Waals surface area contributed by atoms with Gasteiger partial charge in [-0.1, -0.05) is 6.58 Å². The fourth-order valence-corrected chi connectivity index (χ4v) is 1.19. The summed E-state index contributed by atoms with van der Waals surface area (Å²) in [5.41, 5.74) is 1.21. The molecule has 66 valence electrons. The molecule has 1 aromatic heterocycles. The third-order valence-corrected chi connectivity index (χ3v) is 1.81. The van der Waals surface area contributed by atoms with Crippen molar-refractivity contribution in [1.82, 2.24) is 10.3 Å². The maximum absolute atomic E-state index is 11.5. The van der Waals surface area contributed by atoms with Crippen molar-refractivity contribution in [2.45, 2.75) is 0 Å². The van der Waals surface area contributed by atoms with Crippen molar-refractivity contribution in [3.8, 4) is 0 Å². The molecule has 0 saturated carbocycles. The lowest BCUT2D eigenvalue weighted by molar-refractivity contribution is 0.0968. The largest absolute Gasteiger partial charge is 0.364 e.